The number of carbonyl (C=O) groups is 1. The molecule has 0 aliphatic carbocycles. The van der Waals surface area contributed by atoms with Crippen LogP contribution in [-0.2, 0) is 4.74 Å². The molecule has 0 atom stereocenters. The number of aryl methyl sites for hydroxylation is 1. The first-order chi connectivity index (χ1) is 8.19. The molecule has 17 heavy (non-hydrogen) atoms. The number of ether oxygens (including phenoxy) is 2. The Labute approximate surface area is 102 Å². The molecular formula is C13H19NO3. The van der Waals surface area contributed by atoms with E-state index in [-0.39, 0.29) is 5.91 Å². The zero-order chi connectivity index (χ0) is 12.7. The molecular weight excluding hydrogens is 218 g/mol. The highest BCUT2D eigenvalue weighted by Gasteiger charge is 2.06. The van der Waals surface area contributed by atoms with Gasteiger partial charge in [0.15, 0.2) is 0 Å². The second kappa shape index (κ2) is 6.91. The Balaban J connectivity index is 2.66. The van der Waals surface area contributed by atoms with E-state index in [0.29, 0.717) is 18.8 Å². The lowest BCUT2D eigenvalue weighted by molar-refractivity contribution is 0.0962. The van der Waals surface area contributed by atoms with Crippen LogP contribution in [0.1, 0.15) is 22.3 Å². The van der Waals surface area contributed by atoms with Gasteiger partial charge in [0, 0.05) is 32.7 Å². The lowest BCUT2D eigenvalue weighted by atomic mass is 10.1. The number of benzene rings is 1. The zero-order valence-electron chi connectivity index (χ0n) is 10.6. The van der Waals surface area contributed by atoms with Crippen LogP contribution < -0.4 is 10.1 Å². The summed E-state index contributed by atoms with van der Waals surface area (Å²) in [6.45, 7) is 3.22. The van der Waals surface area contributed by atoms with Crippen molar-refractivity contribution in [2.75, 3.05) is 27.4 Å². The summed E-state index contributed by atoms with van der Waals surface area (Å²) in [5.41, 5.74) is 1.63. The summed E-state index contributed by atoms with van der Waals surface area (Å²) in [7, 11) is 3.28. The van der Waals surface area contributed by atoms with Crippen molar-refractivity contribution in [3.63, 3.8) is 0 Å². The average Bonchev–Trinajstić information content (AvgIpc) is 2.35. The Bertz CT molecular complexity index is 377. The standard InChI is InChI=1S/C13H19NO3/c1-10-5-6-11(13(15)14-2)9-12(10)17-8-4-7-16-3/h5-6,9H,4,7-8H2,1-3H3,(H,14,15). The van der Waals surface area contributed by atoms with E-state index in [4.69, 9.17) is 9.47 Å². The zero-order valence-corrected chi connectivity index (χ0v) is 10.6. The molecule has 1 aromatic carbocycles. The first-order valence-corrected chi connectivity index (χ1v) is 5.63. The van der Waals surface area contributed by atoms with Crippen LogP contribution in [0, 0.1) is 6.92 Å². The van der Waals surface area contributed by atoms with E-state index < -0.39 is 0 Å². The monoisotopic (exact) mass is 237 g/mol. The summed E-state index contributed by atoms with van der Waals surface area (Å²) in [5, 5.41) is 2.59. The highest BCUT2D eigenvalue weighted by Crippen LogP contribution is 2.19. The van der Waals surface area contributed by atoms with Crippen molar-refractivity contribution in [3.05, 3.63) is 29.3 Å². The number of hydrogen-bond acceptors (Lipinski definition) is 3. The lowest BCUT2D eigenvalue weighted by Gasteiger charge is -2.10. The van der Waals surface area contributed by atoms with E-state index in [1.807, 2.05) is 13.0 Å². The Kier molecular flexibility index (Phi) is 5.49. The van der Waals surface area contributed by atoms with E-state index in [9.17, 15) is 4.79 Å². The molecule has 0 bridgehead atoms. The van der Waals surface area contributed by atoms with Gasteiger partial charge >= 0.3 is 0 Å². The van der Waals surface area contributed by atoms with Crippen LogP contribution in [0.3, 0.4) is 0 Å². The molecule has 4 nitrogen and oxygen atoms in total. The molecule has 0 aromatic heterocycles. The fraction of sp³-hybridized carbons (Fsp3) is 0.462. The molecule has 0 aliphatic heterocycles. The van der Waals surface area contributed by atoms with Crippen LogP contribution in [0.5, 0.6) is 5.75 Å². The molecule has 0 spiro atoms. The van der Waals surface area contributed by atoms with Crippen molar-refractivity contribution in [1.29, 1.82) is 0 Å². The molecule has 0 saturated heterocycles. The number of carbonyl (C=O) groups excluding carboxylic acids is 1. The molecule has 0 radical (unpaired) electrons. The van der Waals surface area contributed by atoms with Gasteiger partial charge in [0.05, 0.1) is 6.61 Å². The molecule has 1 N–H and O–H groups in total. The van der Waals surface area contributed by atoms with Crippen molar-refractivity contribution in [1.82, 2.24) is 5.32 Å². The second-order valence-electron chi connectivity index (χ2n) is 3.75. The highest BCUT2D eigenvalue weighted by molar-refractivity contribution is 5.94. The topological polar surface area (TPSA) is 47.6 Å². The van der Waals surface area contributed by atoms with Crippen LogP contribution in [-0.4, -0.2) is 33.3 Å². The van der Waals surface area contributed by atoms with Crippen molar-refractivity contribution in [3.8, 4) is 5.75 Å². The third kappa shape index (κ3) is 4.07. The van der Waals surface area contributed by atoms with E-state index in [1.165, 1.54) is 0 Å². The quantitative estimate of drug-likeness (QED) is 0.767. The summed E-state index contributed by atoms with van der Waals surface area (Å²) in [6.07, 6.45) is 0.833. The van der Waals surface area contributed by atoms with Gasteiger partial charge in [-0.25, -0.2) is 0 Å². The minimum absolute atomic E-state index is 0.105. The molecule has 0 heterocycles. The second-order valence-corrected chi connectivity index (χ2v) is 3.75. The van der Waals surface area contributed by atoms with Gasteiger partial charge in [0.1, 0.15) is 5.75 Å². The molecule has 94 valence electrons. The number of nitrogens with one attached hydrogen (secondary N) is 1. The number of amides is 1. The maximum absolute atomic E-state index is 11.5. The summed E-state index contributed by atoms with van der Waals surface area (Å²) in [4.78, 5) is 11.5. The molecule has 1 aromatic rings. The Morgan fingerprint density at radius 1 is 1.35 bits per heavy atom. The minimum atomic E-state index is -0.105. The minimum Gasteiger partial charge on any atom is -0.493 e. The first kappa shape index (κ1) is 13.5. The van der Waals surface area contributed by atoms with Crippen molar-refractivity contribution < 1.29 is 14.3 Å². The molecule has 1 amide bonds. The molecule has 0 unspecified atom stereocenters. The number of methoxy groups -OCH3 is 1. The van der Waals surface area contributed by atoms with Crippen LogP contribution in [0.2, 0.25) is 0 Å². The maximum Gasteiger partial charge on any atom is 0.251 e. The fourth-order valence-corrected chi connectivity index (χ4v) is 1.43. The third-order valence-electron chi connectivity index (χ3n) is 2.43. The van der Waals surface area contributed by atoms with Crippen LogP contribution in [0.4, 0.5) is 0 Å². The smallest absolute Gasteiger partial charge is 0.251 e. The molecule has 0 fully saturated rings. The van der Waals surface area contributed by atoms with Crippen molar-refractivity contribution in [2.24, 2.45) is 0 Å². The van der Waals surface area contributed by atoms with E-state index in [0.717, 1.165) is 17.7 Å². The summed E-state index contributed by atoms with van der Waals surface area (Å²) >= 11 is 0. The van der Waals surface area contributed by atoms with Gasteiger partial charge in [-0.3, -0.25) is 4.79 Å². The largest absolute Gasteiger partial charge is 0.493 e. The summed E-state index contributed by atoms with van der Waals surface area (Å²) in [6, 6.07) is 5.44. The van der Waals surface area contributed by atoms with E-state index in [1.54, 1.807) is 26.3 Å². The van der Waals surface area contributed by atoms with Crippen LogP contribution >= 0.6 is 0 Å². The van der Waals surface area contributed by atoms with Gasteiger partial charge < -0.3 is 14.8 Å². The third-order valence-corrected chi connectivity index (χ3v) is 2.43. The molecule has 0 aliphatic rings. The van der Waals surface area contributed by atoms with Gasteiger partial charge in [-0.05, 0) is 24.6 Å². The maximum atomic E-state index is 11.5. The van der Waals surface area contributed by atoms with E-state index >= 15 is 0 Å². The van der Waals surface area contributed by atoms with E-state index in [2.05, 4.69) is 5.32 Å². The summed E-state index contributed by atoms with van der Waals surface area (Å²) < 4.78 is 10.6. The van der Waals surface area contributed by atoms with Gasteiger partial charge in [-0.1, -0.05) is 6.07 Å². The van der Waals surface area contributed by atoms with Gasteiger partial charge in [0.2, 0.25) is 0 Å². The predicted molar refractivity (Wildman–Crippen MR) is 66.6 cm³/mol. The highest BCUT2D eigenvalue weighted by atomic mass is 16.5. The lowest BCUT2D eigenvalue weighted by Crippen LogP contribution is -2.17. The normalized spacial score (nSPS) is 10.1. The van der Waals surface area contributed by atoms with Crippen molar-refractivity contribution in [2.45, 2.75) is 13.3 Å². The Hall–Kier alpha value is -1.55. The Morgan fingerprint density at radius 2 is 2.12 bits per heavy atom. The Morgan fingerprint density at radius 3 is 2.76 bits per heavy atom. The van der Waals surface area contributed by atoms with Gasteiger partial charge in [-0.2, -0.15) is 0 Å². The SMILES string of the molecule is CNC(=O)c1ccc(C)c(OCCCOC)c1. The summed E-state index contributed by atoms with van der Waals surface area (Å²) in [5.74, 6) is 0.647. The van der Waals surface area contributed by atoms with Gasteiger partial charge in [-0.15, -0.1) is 0 Å². The van der Waals surface area contributed by atoms with Crippen LogP contribution in [0.25, 0.3) is 0 Å². The first-order valence-electron chi connectivity index (χ1n) is 5.63. The van der Waals surface area contributed by atoms with Crippen LogP contribution in [0.15, 0.2) is 18.2 Å². The predicted octanol–water partition coefficient (Wildman–Crippen LogP) is 1.77. The molecule has 4 heteroatoms. The van der Waals surface area contributed by atoms with Gasteiger partial charge in [0.25, 0.3) is 5.91 Å². The van der Waals surface area contributed by atoms with Crippen molar-refractivity contribution >= 4 is 5.91 Å². The average molecular weight is 237 g/mol. The fourth-order valence-electron chi connectivity index (χ4n) is 1.43. The number of hydrogen-bond donors (Lipinski definition) is 1. The molecule has 0 saturated carbocycles. The molecule has 1 rings (SSSR count). The number of rotatable bonds is 6.